The van der Waals surface area contributed by atoms with Crippen molar-refractivity contribution >= 4 is 45.1 Å². The first-order valence-corrected chi connectivity index (χ1v) is 7.77. The van der Waals surface area contributed by atoms with Crippen molar-refractivity contribution in [1.29, 1.82) is 0 Å². The number of benzene rings is 2. The van der Waals surface area contributed by atoms with Gasteiger partial charge < -0.3 is 10.1 Å². The first-order chi connectivity index (χ1) is 10.9. The van der Waals surface area contributed by atoms with E-state index in [9.17, 15) is 14.0 Å². The SMILES string of the molecule is C[C@@H](OC(=O)c1cc(Br)ccc1F)C(=O)Nc1ccccc1Cl. The molecule has 0 aliphatic rings. The number of amides is 1. The van der Waals surface area contributed by atoms with Crippen LogP contribution in [0.1, 0.15) is 17.3 Å². The summed E-state index contributed by atoms with van der Waals surface area (Å²) in [7, 11) is 0. The Hall–Kier alpha value is -1.92. The van der Waals surface area contributed by atoms with Crippen LogP contribution in [0, 0.1) is 5.82 Å². The minimum atomic E-state index is -1.11. The number of carbonyl (C=O) groups excluding carboxylic acids is 2. The van der Waals surface area contributed by atoms with Gasteiger partial charge in [0.15, 0.2) is 6.10 Å². The maximum absolute atomic E-state index is 13.6. The standard InChI is InChI=1S/C16H12BrClFNO3/c1-9(15(21)20-14-5-3-2-4-12(14)18)23-16(22)11-8-10(17)6-7-13(11)19/h2-9H,1H3,(H,20,21)/t9-/m1/s1. The minimum Gasteiger partial charge on any atom is -0.449 e. The first kappa shape index (κ1) is 17.4. The van der Waals surface area contributed by atoms with Crippen LogP contribution in [-0.2, 0) is 9.53 Å². The smallest absolute Gasteiger partial charge is 0.341 e. The molecule has 0 aromatic heterocycles. The molecule has 0 aliphatic carbocycles. The van der Waals surface area contributed by atoms with Gasteiger partial charge in [0.25, 0.3) is 5.91 Å². The predicted octanol–water partition coefficient (Wildman–Crippen LogP) is 4.43. The summed E-state index contributed by atoms with van der Waals surface area (Å²) >= 11 is 9.08. The Morgan fingerprint density at radius 1 is 1.26 bits per heavy atom. The summed E-state index contributed by atoms with van der Waals surface area (Å²) in [6, 6.07) is 10.5. The van der Waals surface area contributed by atoms with Crippen LogP contribution in [-0.4, -0.2) is 18.0 Å². The quantitative estimate of drug-likeness (QED) is 0.773. The average molecular weight is 401 g/mol. The lowest BCUT2D eigenvalue weighted by Gasteiger charge is -2.14. The zero-order chi connectivity index (χ0) is 17.0. The Kier molecular flexibility index (Phi) is 5.74. The molecule has 2 rings (SSSR count). The number of carbonyl (C=O) groups is 2. The third-order valence-corrected chi connectivity index (χ3v) is 3.76. The molecule has 23 heavy (non-hydrogen) atoms. The molecule has 0 saturated carbocycles. The fraction of sp³-hybridized carbons (Fsp3) is 0.125. The van der Waals surface area contributed by atoms with Crippen LogP contribution < -0.4 is 5.32 Å². The predicted molar refractivity (Wildman–Crippen MR) is 89.1 cm³/mol. The van der Waals surface area contributed by atoms with E-state index in [0.29, 0.717) is 15.2 Å². The van der Waals surface area contributed by atoms with Crippen LogP contribution >= 0.6 is 27.5 Å². The molecule has 2 aromatic rings. The average Bonchev–Trinajstić information content (AvgIpc) is 2.51. The zero-order valence-electron chi connectivity index (χ0n) is 12.0. The van der Waals surface area contributed by atoms with Gasteiger partial charge in [-0.1, -0.05) is 39.7 Å². The highest BCUT2D eigenvalue weighted by Gasteiger charge is 2.21. The second-order valence-corrected chi connectivity index (χ2v) is 5.96. The fourth-order valence-corrected chi connectivity index (χ4v) is 2.27. The van der Waals surface area contributed by atoms with E-state index in [1.165, 1.54) is 19.1 Å². The summed E-state index contributed by atoms with van der Waals surface area (Å²) in [6.45, 7) is 1.39. The largest absolute Gasteiger partial charge is 0.449 e. The van der Waals surface area contributed by atoms with E-state index in [-0.39, 0.29) is 5.56 Å². The summed E-state index contributed by atoms with van der Waals surface area (Å²) in [5.41, 5.74) is 0.146. The van der Waals surface area contributed by atoms with Crippen LogP contribution in [0.5, 0.6) is 0 Å². The van der Waals surface area contributed by atoms with Gasteiger partial charge in [-0.25, -0.2) is 9.18 Å². The van der Waals surface area contributed by atoms with E-state index in [4.69, 9.17) is 16.3 Å². The number of hydrogen-bond acceptors (Lipinski definition) is 3. The Morgan fingerprint density at radius 2 is 1.96 bits per heavy atom. The highest BCUT2D eigenvalue weighted by Crippen LogP contribution is 2.21. The Balaban J connectivity index is 2.05. The maximum atomic E-state index is 13.6. The molecule has 0 spiro atoms. The second kappa shape index (κ2) is 7.57. The highest BCUT2D eigenvalue weighted by atomic mass is 79.9. The monoisotopic (exact) mass is 399 g/mol. The summed E-state index contributed by atoms with van der Waals surface area (Å²) in [5, 5.41) is 2.90. The Morgan fingerprint density at radius 3 is 2.65 bits per heavy atom. The first-order valence-electron chi connectivity index (χ1n) is 6.60. The molecule has 0 saturated heterocycles. The van der Waals surface area contributed by atoms with Crippen molar-refractivity contribution in [3.05, 3.63) is 63.3 Å². The molecule has 4 nitrogen and oxygen atoms in total. The van der Waals surface area contributed by atoms with Crippen LogP contribution in [0.2, 0.25) is 5.02 Å². The molecule has 120 valence electrons. The number of nitrogens with one attached hydrogen (secondary N) is 1. The van der Waals surface area contributed by atoms with Crippen molar-refractivity contribution in [3.63, 3.8) is 0 Å². The highest BCUT2D eigenvalue weighted by molar-refractivity contribution is 9.10. The van der Waals surface area contributed by atoms with E-state index in [2.05, 4.69) is 21.2 Å². The summed E-state index contributed by atoms with van der Waals surface area (Å²) in [4.78, 5) is 24.0. The number of hydrogen-bond donors (Lipinski definition) is 1. The second-order valence-electron chi connectivity index (χ2n) is 4.64. The molecule has 1 amide bonds. The molecule has 1 N–H and O–H groups in total. The van der Waals surface area contributed by atoms with E-state index in [1.807, 2.05) is 0 Å². The van der Waals surface area contributed by atoms with E-state index >= 15 is 0 Å². The van der Waals surface area contributed by atoms with Gasteiger partial charge in [0, 0.05) is 4.47 Å². The molecule has 0 bridgehead atoms. The maximum Gasteiger partial charge on any atom is 0.341 e. The minimum absolute atomic E-state index is 0.253. The van der Waals surface area contributed by atoms with Crippen molar-refractivity contribution in [3.8, 4) is 0 Å². The Labute approximate surface area is 145 Å². The zero-order valence-corrected chi connectivity index (χ0v) is 14.3. The molecule has 2 aromatic carbocycles. The number of anilines is 1. The van der Waals surface area contributed by atoms with Crippen molar-refractivity contribution in [1.82, 2.24) is 0 Å². The van der Waals surface area contributed by atoms with E-state index in [1.54, 1.807) is 24.3 Å². The number of rotatable bonds is 4. The van der Waals surface area contributed by atoms with Crippen LogP contribution in [0.4, 0.5) is 10.1 Å². The van der Waals surface area contributed by atoms with Crippen molar-refractivity contribution in [2.24, 2.45) is 0 Å². The molecule has 0 fully saturated rings. The molecular formula is C16H12BrClFNO3. The molecule has 0 unspecified atom stereocenters. The van der Waals surface area contributed by atoms with Crippen LogP contribution in [0.25, 0.3) is 0 Å². The molecule has 0 aliphatic heterocycles. The molecule has 7 heteroatoms. The lowest BCUT2D eigenvalue weighted by atomic mass is 10.2. The topological polar surface area (TPSA) is 55.4 Å². The van der Waals surface area contributed by atoms with Gasteiger partial charge in [0.05, 0.1) is 16.3 Å². The van der Waals surface area contributed by atoms with E-state index < -0.39 is 23.8 Å². The number of esters is 1. The summed E-state index contributed by atoms with van der Waals surface area (Å²) in [6.07, 6.45) is -1.11. The normalized spacial score (nSPS) is 11.7. The molecule has 0 radical (unpaired) electrons. The number of para-hydroxylation sites is 1. The van der Waals surface area contributed by atoms with Gasteiger partial charge in [-0.2, -0.15) is 0 Å². The lowest BCUT2D eigenvalue weighted by Crippen LogP contribution is -2.30. The Bertz CT molecular complexity index is 754. The van der Waals surface area contributed by atoms with Gasteiger partial charge >= 0.3 is 5.97 Å². The molecule has 0 heterocycles. The molecular weight excluding hydrogens is 389 g/mol. The van der Waals surface area contributed by atoms with E-state index in [0.717, 1.165) is 6.07 Å². The van der Waals surface area contributed by atoms with Crippen molar-refractivity contribution in [2.45, 2.75) is 13.0 Å². The number of ether oxygens (including phenoxy) is 1. The third kappa shape index (κ3) is 4.53. The number of halogens is 3. The van der Waals surface area contributed by atoms with Gasteiger partial charge in [-0.15, -0.1) is 0 Å². The van der Waals surface area contributed by atoms with Gasteiger partial charge in [0.1, 0.15) is 5.82 Å². The van der Waals surface area contributed by atoms with Crippen molar-refractivity contribution < 1.29 is 18.7 Å². The van der Waals surface area contributed by atoms with Crippen LogP contribution in [0.3, 0.4) is 0 Å². The summed E-state index contributed by atoms with van der Waals surface area (Å²) in [5.74, 6) is -2.22. The fourth-order valence-electron chi connectivity index (χ4n) is 1.73. The van der Waals surface area contributed by atoms with Gasteiger partial charge in [0.2, 0.25) is 0 Å². The summed E-state index contributed by atoms with van der Waals surface area (Å²) < 4.78 is 19.1. The molecule has 1 atom stereocenters. The lowest BCUT2D eigenvalue weighted by molar-refractivity contribution is -0.123. The van der Waals surface area contributed by atoms with Gasteiger partial charge in [-0.05, 0) is 37.3 Å². The third-order valence-electron chi connectivity index (χ3n) is 2.93. The van der Waals surface area contributed by atoms with Crippen LogP contribution in [0.15, 0.2) is 46.9 Å². The van der Waals surface area contributed by atoms with Gasteiger partial charge in [-0.3, -0.25) is 4.79 Å². The van der Waals surface area contributed by atoms with Crippen molar-refractivity contribution in [2.75, 3.05) is 5.32 Å².